The van der Waals surface area contributed by atoms with Crippen LogP contribution in [-0.2, 0) is 10.2 Å². The van der Waals surface area contributed by atoms with E-state index in [1.807, 2.05) is 31.1 Å². The van der Waals surface area contributed by atoms with Crippen molar-refractivity contribution >= 4 is 21.8 Å². The van der Waals surface area contributed by atoms with Crippen molar-refractivity contribution in [1.82, 2.24) is 10.2 Å². The molecule has 3 nitrogen and oxygen atoms in total. The fourth-order valence-corrected chi connectivity index (χ4v) is 3.54. The number of amides is 1. The van der Waals surface area contributed by atoms with Gasteiger partial charge in [0, 0.05) is 24.6 Å². The molecule has 0 aromatic heterocycles. The fourth-order valence-electron chi connectivity index (χ4n) is 3.14. The normalized spacial score (nSPS) is 17.1. The zero-order valence-electron chi connectivity index (χ0n) is 12.3. The highest BCUT2D eigenvalue weighted by Gasteiger charge is 2.44. The topological polar surface area (TPSA) is 32.3 Å². The lowest BCUT2D eigenvalue weighted by Crippen LogP contribution is -2.45. The number of rotatable bonds is 5. The summed E-state index contributed by atoms with van der Waals surface area (Å²) in [4.78, 5) is 14.8. The van der Waals surface area contributed by atoms with Gasteiger partial charge in [-0.3, -0.25) is 4.79 Å². The van der Waals surface area contributed by atoms with Crippen LogP contribution in [0.25, 0.3) is 0 Å². The van der Waals surface area contributed by atoms with Gasteiger partial charge in [0.15, 0.2) is 0 Å². The standard InChI is InChI=1S/C16H23BrN2O/c1-18-10-11-19(2)15(20)16(8-3-4-9-16)13-6-5-7-14(17)12-13/h5-7,12,18H,3-4,8-11H2,1-2H3. The first kappa shape index (κ1) is 15.5. The number of hydrogen-bond acceptors (Lipinski definition) is 2. The Bertz CT molecular complexity index is 469. The van der Waals surface area contributed by atoms with Crippen molar-refractivity contribution in [1.29, 1.82) is 0 Å². The molecule has 1 saturated carbocycles. The summed E-state index contributed by atoms with van der Waals surface area (Å²) in [6, 6.07) is 8.25. The summed E-state index contributed by atoms with van der Waals surface area (Å²) in [5.74, 6) is 0.267. The van der Waals surface area contributed by atoms with Crippen molar-refractivity contribution in [3.05, 3.63) is 34.3 Å². The largest absolute Gasteiger partial charge is 0.344 e. The van der Waals surface area contributed by atoms with Gasteiger partial charge >= 0.3 is 0 Å². The van der Waals surface area contributed by atoms with Gasteiger partial charge in [-0.15, -0.1) is 0 Å². The molecule has 1 aliphatic rings. The molecule has 2 rings (SSSR count). The van der Waals surface area contributed by atoms with Gasteiger partial charge in [0.25, 0.3) is 0 Å². The third-order valence-electron chi connectivity index (χ3n) is 4.29. The summed E-state index contributed by atoms with van der Waals surface area (Å²) in [6.45, 7) is 1.59. The molecule has 1 fully saturated rings. The smallest absolute Gasteiger partial charge is 0.233 e. The number of halogens is 1. The molecule has 0 heterocycles. The maximum atomic E-state index is 13.0. The molecule has 0 radical (unpaired) electrons. The lowest BCUT2D eigenvalue weighted by molar-refractivity contribution is -0.136. The second kappa shape index (κ2) is 6.72. The van der Waals surface area contributed by atoms with Crippen LogP contribution >= 0.6 is 15.9 Å². The number of likely N-dealkylation sites (N-methyl/N-ethyl adjacent to an activating group) is 2. The molecule has 0 unspecified atom stereocenters. The van der Waals surface area contributed by atoms with Gasteiger partial charge in [-0.25, -0.2) is 0 Å². The van der Waals surface area contributed by atoms with Gasteiger partial charge in [-0.05, 0) is 37.6 Å². The van der Waals surface area contributed by atoms with Gasteiger partial charge < -0.3 is 10.2 Å². The summed E-state index contributed by atoms with van der Waals surface area (Å²) >= 11 is 3.53. The molecule has 0 spiro atoms. The predicted molar refractivity (Wildman–Crippen MR) is 85.9 cm³/mol. The van der Waals surface area contributed by atoms with E-state index in [1.165, 1.54) is 0 Å². The van der Waals surface area contributed by atoms with Crippen molar-refractivity contribution in [2.45, 2.75) is 31.1 Å². The van der Waals surface area contributed by atoms with Gasteiger partial charge in [0.2, 0.25) is 5.91 Å². The molecule has 1 aromatic carbocycles. The lowest BCUT2D eigenvalue weighted by Gasteiger charge is -2.33. The molecular weight excluding hydrogens is 316 g/mol. The third-order valence-corrected chi connectivity index (χ3v) is 4.78. The molecule has 110 valence electrons. The summed E-state index contributed by atoms with van der Waals surface area (Å²) < 4.78 is 1.05. The van der Waals surface area contributed by atoms with Crippen LogP contribution in [-0.4, -0.2) is 38.0 Å². The maximum absolute atomic E-state index is 13.0. The Morgan fingerprint density at radius 3 is 2.70 bits per heavy atom. The van der Waals surface area contributed by atoms with Crippen molar-refractivity contribution in [2.75, 3.05) is 27.2 Å². The zero-order chi connectivity index (χ0) is 14.6. The molecule has 20 heavy (non-hydrogen) atoms. The zero-order valence-corrected chi connectivity index (χ0v) is 13.9. The lowest BCUT2D eigenvalue weighted by atomic mass is 9.77. The maximum Gasteiger partial charge on any atom is 0.233 e. The van der Waals surface area contributed by atoms with E-state index in [0.717, 1.165) is 48.8 Å². The van der Waals surface area contributed by atoms with Gasteiger partial charge in [0.1, 0.15) is 0 Å². The second-order valence-electron chi connectivity index (χ2n) is 5.63. The first-order valence-corrected chi connectivity index (χ1v) is 8.06. The van der Waals surface area contributed by atoms with Crippen molar-refractivity contribution in [3.8, 4) is 0 Å². The van der Waals surface area contributed by atoms with E-state index >= 15 is 0 Å². The molecule has 0 atom stereocenters. The van der Waals surface area contributed by atoms with E-state index in [4.69, 9.17) is 0 Å². The average molecular weight is 339 g/mol. The first-order chi connectivity index (χ1) is 9.60. The molecule has 1 aliphatic carbocycles. The second-order valence-corrected chi connectivity index (χ2v) is 6.55. The minimum atomic E-state index is -0.313. The molecular formula is C16H23BrN2O. The Balaban J connectivity index is 2.28. The van der Waals surface area contributed by atoms with Crippen LogP contribution in [0.2, 0.25) is 0 Å². The Labute approximate surface area is 129 Å². The van der Waals surface area contributed by atoms with Crippen LogP contribution in [0.4, 0.5) is 0 Å². The summed E-state index contributed by atoms with van der Waals surface area (Å²) in [6.07, 6.45) is 4.20. The molecule has 1 amide bonds. The van der Waals surface area contributed by atoms with E-state index in [-0.39, 0.29) is 11.3 Å². The number of carbonyl (C=O) groups excluding carboxylic acids is 1. The quantitative estimate of drug-likeness (QED) is 0.895. The predicted octanol–water partition coefficient (Wildman–Crippen LogP) is 2.94. The fraction of sp³-hybridized carbons (Fsp3) is 0.562. The van der Waals surface area contributed by atoms with E-state index in [1.54, 1.807) is 0 Å². The highest BCUT2D eigenvalue weighted by Crippen LogP contribution is 2.43. The molecule has 0 bridgehead atoms. The van der Waals surface area contributed by atoms with Crippen molar-refractivity contribution < 1.29 is 4.79 Å². The molecule has 1 N–H and O–H groups in total. The SMILES string of the molecule is CNCCN(C)C(=O)C1(c2cccc(Br)c2)CCCC1. The van der Waals surface area contributed by atoms with E-state index in [2.05, 4.69) is 33.4 Å². The van der Waals surface area contributed by atoms with Crippen LogP contribution in [0.15, 0.2) is 28.7 Å². The summed E-state index contributed by atoms with van der Waals surface area (Å²) in [7, 11) is 3.83. The van der Waals surface area contributed by atoms with Gasteiger partial charge in [-0.1, -0.05) is 40.9 Å². The molecule has 4 heteroatoms. The van der Waals surface area contributed by atoms with Gasteiger partial charge in [0.05, 0.1) is 5.41 Å². The van der Waals surface area contributed by atoms with Crippen LogP contribution in [0.1, 0.15) is 31.2 Å². The van der Waals surface area contributed by atoms with Crippen molar-refractivity contribution in [3.63, 3.8) is 0 Å². The Kier molecular flexibility index (Phi) is 5.22. The van der Waals surface area contributed by atoms with Gasteiger partial charge in [-0.2, -0.15) is 0 Å². The highest BCUT2D eigenvalue weighted by molar-refractivity contribution is 9.10. The Morgan fingerprint density at radius 1 is 1.40 bits per heavy atom. The van der Waals surface area contributed by atoms with Crippen LogP contribution < -0.4 is 5.32 Å². The third kappa shape index (κ3) is 3.07. The van der Waals surface area contributed by atoms with E-state index < -0.39 is 0 Å². The number of benzene rings is 1. The van der Waals surface area contributed by atoms with E-state index in [0.29, 0.717) is 0 Å². The first-order valence-electron chi connectivity index (χ1n) is 7.26. The summed E-state index contributed by atoms with van der Waals surface area (Å²) in [5.41, 5.74) is 0.845. The van der Waals surface area contributed by atoms with Crippen LogP contribution in [0.3, 0.4) is 0 Å². The monoisotopic (exact) mass is 338 g/mol. The Hall–Kier alpha value is -0.870. The number of nitrogens with zero attached hydrogens (tertiary/aromatic N) is 1. The Morgan fingerprint density at radius 2 is 2.10 bits per heavy atom. The highest BCUT2D eigenvalue weighted by atomic mass is 79.9. The average Bonchev–Trinajstić information content (AvgIpc) is 2.94. The number of hydrogen-bond donors (Lipinski definition) is 1. The molecule has 0 aliphatic heterocycles. The minimum absolute atomic E-state index is 0.267. The molecule has 0 saturated heterocycles. The number of carbonyl (C=O) groups is 1. The van der Waals surface area contributed by atoms with Crippen LogP contribution in [0.5, 0.6) is 0 Å². The van der Waals surface area contributed by atoms with Crippen molar-refractivity contribution in [2.24, 2.45) is 0 Å². The molecule has 1 aromatic rings. The summed E-state index contributed by atoms with van der Waals surface area (Å²) in [5, 5.41) is 3.10. The van der Waals surface area contributed by atoms with Crippen LogP contribution in [0, 0.1) is 0 Å². The van der Waals surface area contributed by atoms with E-state index in [9.17, 15) is 4.79 Å². The minimum Gasteiger partial charge on any atom is -0.344 e. The number of nitrogens with one attached hydrogen (secondary N) is 1.